The molecule has 0 saturated carbocycles. The first kappa shape index (κ1) is 18.7. The Hall–Kier alpha value is -2.09. The van der Waals surface area contributed by atoms with Gasteiger partial charge in [0.1, 0.15) is 5.65 Å². The number of carbonyl (C=O) groups is 1. The predicted molar refractivity (Wildman–Crippen MR) is 90.6 cm³/mol. The summed E-state index contributed by atoms with van der Waals surface area (Å²) in [5.74, 6) is 0.000879. The minimum atomic E-state index is -4.42. The molecule has 0 spiro atoms. The molecule has 0 aromatic carbocycles. The van der Waals surface area contributed by atoms with Gasteiger partial charge in [-0.1, -0.05) is 6.92 Å². The fourth-order valence-corrected chi connectivity index (χ4v) is 3.29. The summed E-state index contributed by atoms with van der Waals surface area (Å²) in [7, 11) is 0. The number of hydrogen-bond donors (Lipinski definition) is 0. The van der Waals surface area contributed by atoms with E-state index in [4.69, 9.17) is 4.74 Å². The van der Waals surface area contributed by atoms with Gasteiger partial charge in [-0.2, -0.15) is 13.2 Å². The lowest BCUT2D eigenvalue weighted by Crippen LogP contribution is -2.38. The Morgan fingerprint density at radius 3 is 2.77 bits per heavy atom. The van der Waals surface area contributed by atoms with Crippen molar-refractivity contribution in [2.45, 2.75) is 46.0 Å². The van der Waals surface area contributed by atoms with Crippen LogP contribution in [0.4, 0.5) is 13.2 Å². The summed E-state index contributed by atoms with van der Waals surface area (Å²) in [6, 6.07) is 1.15. The van der Waals surface area contributed by atoms with Crippen molar-refractivity contribution in [3.63, 3.8) is 0 Å². The third kappa shape index (κ3) is 3.56. The molecule has 3 heterocycles. The number of pyridine rings is 1. The molecule has 5 nitrogen and oxygen atoms in total. The third-order valence-corrected chi connectivity index (χ3v) is 4.71. The van der Waals surface area contributed by atoms with Gasteiger partial charge < -0.3 is 14.2 Å². The lowest BCUT2D eigenvalue weighted by atomic mass is 10.1. The van der Waals surface area contributed by atoms with Crippen molar-refractivity contribution < 1.29 is 22.7 Å². The van der Waals surface area contributed by atoms with Crippen molar-refractivity contribution in [2.24, 2.45) is 0 Å². The van der Waals surface area contributed by atoms with E-state index in [1.165, 1.54) is 0 Å². The molecule has 2 aromatic rings. The van der Waals surface area contributed by atoms with Crippen LogP contribution in [0.5, 0.6) is 0 Å². The fourth-order valence-electron chi connectivity index (χ4n) is 3.29. The number of nitrogens with zero attached hydrogens (tertiary/aromatic N) is 3. The highest BCUT2D eigenvalue weighted by Gasteiger charge is 2.32. The second-order valence-corrected chi connectivity index (χ2v) is 6.49. The standard InChI is InChI=1S/C18H22F3N3O2/c1-3-7-26-8-4-16(25)23-5-6-24-15(11-23)12(2)14-9-13(18(19,20)21)10-22-17(14)24/h9-10H,3-8,11H2,1-2H3. The van der Waals surface area contributed by atoms with Crippen LogP contribution in [-0.4, -0.2) is 40.1 Å². The van der Waals surface area contributed by atoms with Crippen LogP contribution in [0.3, 0.4) is 0 Å². The fraction of sp³-hybridized carbons (Fsp3) is 0.556. The van der Waals surface area contributed by atoms with Gasteiger partial charge >= 0.3 is 6.18 Å². The number of rotatable bonds is 5. The Morgan fingerprint density at radius 2 is 2.08 bits per heavy atom. The number of aromatic nitrogens is 2. The largest absolute Gasteiger partial charge is 0.417 e. The number of halogens is 3. The second kappa shape index (κ2) is 7.26. The van der Waals surface area contributed by atoms with Crippen LogP contribution >= 0.6 is 0 Å². The number of amides is 1. The quantitative estimate of drug-likeness (QED) is 0.758. The van der Waals surface area contributed by atoms with Crippen molar-refractivity contribution in [1.29, 1.82) is 0 Å². The average Bonchev–Trinajstić information content (AvgIpc) is 2.89. The van der Waals surface area contributed by atoms with Crippen LogP contribution in [0.15, 0.2) is 12.3 Å². The van der Waals surface area contributed by atoms with Crippen molar-refractivity contribution in [2.75, 3.05) is 19.8 Å². The van der Waals surface area contributed by atoms with Gasteiger partial charge in [-0.15, -0.1) is 0 Å². The summed E-state index contributed by atoms with van der Waals surface area (Å²) < 4.78 is 46.2. The maximum Gasteiger partial charge on any atom is 0.417 e. The molecule has 26 heavy (non-hydrogen) atoms. The van der Waals surface area contributed by atoms with E-state index in [2.05, 4.69) is 4.98 Å². The Bertz CT molecular complexity index is 814. The average molecular weight is 369 g/mol. The van der Waals surface area contributed by atoms with Gasteiger partial charge in [0.15, 0.2) is 0 Å². The van der Waals surface area contributed by atoms with E-state index < -0.39 is 11.7 Å². The van der Waals surface area contributed by atoms with E-state index in [1.54, 1.807) is 11.8 Å². The maximum atomic E-state index is 13.0. The van der Waals surface area contributed by atoms with E-state index >= 15 is 0 Å². The minimum absolute atomic E-state index is 0.000879. The number of hydrogen-bond acceptors (Lipinski definition) is 3. The van der Waals surface area contributed by atoms with Crippen LogP contribution in [0.2, 0.25) is 0 Å². The molecule has 1 amide bonds. The summed E-state index contributed by atoms with van der Waals surface area (Å²) in [6.07, 6.45) is -2.33. The molecule has 0 fully saturated rings. The number of ether oxygens (including phenoxy) is 1. The lowest BCUT2D eigenvalue weighted by molar-refractivity contribution is -0.137. The lowest BCUT2D eigenvalue weighted by Gasteiger charge is -2.29. The highest BCUT2D eigenvalue weighted by molar-refractivity contribution is 5.83. The molecular weight excluding hydrogens is 347 g/mol. The first-order valence-electron chi connectivity index (χ1n) is 8.73. The van der Waals surface area contributed by atoms with E-state index in [9.17, 15) is 18.0 Å². The molecule has 2 aromatic heterocycles. The van der Waals surface area contributed by atoms with Crippen LogP contribution in [-0.2, 0) is 28.8 Å². The zero-order valence-electron chi connectivity index (χ0n) is 14.9. The van der Waals surface area contributed by atoms with Gasteiger partial charge in [0.05, 0.1) is 25.1 Å². The number of carbonyl (C=O) groups excluding carboxylic acids is 1. The third-order valence-electron chi connectivity index (χ3n) is 4.71. The molecule has 8 heteroatoms. The van der Waals surface area contributed by atoms with Gasteiger partial charge in [0, 0.05) is 37.0 Å². The predicted octanol–water partition coefficient (Wildman–Crippen LogP) is 3.52. The van der Waals surface area contributed by atoms with Gasteiger partial charge in [-0.05, 0) is 25.0 Å². The summed E-state index contributed by atoms with van der Waals surface area (Å²) in [6.45, 7) is 6.25. The molecule has 3 rings (SSSR count). The number of alkyl halides is 3. The van der Waals surface area contributed by atoms with Crippen molar-refractivity contribution in [3.8, 4) is 0 Å². The molecule has 0 radical (unpaired) electrons. The molecule has 0 atom stereocenters. The van der Waals surface area contributed by atoms with Crippen molar-refractivity contribution in [1.82, 2.24) is 14.5 Å². The molecule has 0 bridgehead atoms. The van der Waals surface area contributed by atoms with E-state index in [0.29, 0.717) is 50.3 Å². The molecule has 0 aliphatic carbocycles. The van der Waals surface area contributed by atoms with Gasteiger partial charge in [-0.25, -0.2) is 4.98 Å². The van der Waals surface area contributed by atoms with Crippen LogP contribution in [0.25, 0.3) is 11.0 Å². The Labute approximate surface area is 149 Å². The van der Waals surface area contributed by atoms with Crippen LogP contribution in [0.1, 0.15) is 36.6 Å². The highest BCUT2D eigenvalue weighted by Crippen LogP contribution is 2.34. The van der Waals surface area contributed by atoms with Gasteiger partial charge in [0.25, 0.3) is 0 Å². The zero-order chi connectivity index (χ0) is 18.9. The molecule has 0 saturated heterocycles. The monoisotopic (exact) mass is 369 g/mol. The highest BCUT2D eigenvalue weighted by atomic mass is 19.4. The first-order valence-corrected chi connectivity index (χ1v) is 8.73. The van der Waals surface area contributed by atoms with Crippen LogP contribution < -0.4 is 0 Å². The van der Waals surface area contributed by atoms with Crippen molar-refractivity contribution in [3.05, 3.63) is 29.1 Å². The summed E-state index contributed by atoms with van der Waals surface area (Å²) >= 11 is 0. The molecule has 0 unspecified atom stereocenters. The van der Waals surface area contributed by atoms with Gasteiger partial charge in [0.2, 0.25) is 5.91 Å². The normalized spacial score (nSPS) is 14.7. The molecule has 1 aliphatic rings. The Kier molecular flexibility index (Phi) is 5.22. The SMILES string of the molecule is CCCOCCC(=O)N1CCn2c(c(C)c3cc(C(F)(F)F)cnc32)C1. The number of aryl methyl sites for hydroxylation is 1. The topological polar surface area (TPSA) is 47.4 Å². The van der Waals surface area contributed by atoms with E-state index in [0.717, 1.165) is 29.9 Å². The van der Waals surface area contributed by atoms with E-state index in [1.807, 2.05) is 11.5 Å². The summed E-state index contributed by atoms with van der Waals surface area (Å²) in [5.41, 5.74) is 1.39. The van der Waals surface area contributed by atoms with Crippen molar-refractivity contribution >= 4 is 16.9 Å². The summed E-state index contributed by atoms with van der Waals surface area (Å²) in [5, 5.41) is 0.496. The molecular formula is C18H22F3N3O2. The Morgan fingerprint density at radius 1 is 1.31 bits per heavy atom. The summed E-state index contributed by atoms with van der Waals surface area (Å²) in [4.78, 5) is 18.1. The first-order chi connectivity index (χ1) is 12.3. The Balaban J connectivity index is 1.81. The number of fused-ring (bicyclic) bond motifs is 3. The maximum absolute atomic E-state index is 13.0. The minimum Gasteiger partial charge on any atom is -0.381 e. The van der Waals surface area contributed by atoms with Crippen LogP contribution in [0, 0.1) is 6.92 Å². The molecule has 0 N–H and O–H groups in total. The molecule has 1 aliphatic heterocycles. The second-order valence-electron chi connectivity index (χ2n) is 6.49. The van der Waals surface area contributed by atoms with Gasteiger partial charge in [-0.3, -0.25) is 4.79 Å². The molecule has 142 valence electrons. The van der Waals surface area contributed by atoms with E-state index in [-0.39, 0.29) is 5.91 Å². The smallest absolute Gasteiger partial charge is 0.381 e. The zero-order valence-corrected chi connectivity index (χ0v) is 14.9.